The molecule has 1 aliphatic heterocycles. The maximum atomic E-state index is 13.6. The highest BCUT2D eigenvalue weighted by molar-refractivity contribution is 7.89. The Balaban J connectivity index is 1.40. The molecule has 1 saturated carbocycles. The first-order chi connectivity index (χ1) is 15.4. The summed E-state index contributed by atoms with van der Waals surface area (Å²) in [7, 11) is -1.48. The van der Waals surface area contributed by atoms with Crippen LogP contribution in [0.2, 0.25) is 0 Å². The fourth-order valence-corrected chi connectivity index (χ4v) is 7.10. The second-order valence-corrected chi connectivity index (χ2v) is 11.3. The molecule has 1 aromatic heterocycles. The predicted octanol–water partition coefficient (Wildman–Crippen LogP) is 3.28. The molecule has 2 aliphatic carbocycles. The second-order valence-electron chi connectivity index (χ2n) is 9.36. The minimum Gasteiger partial charge on any atom is -0.330 e. The molecule has 2 fully saturated rings. The number of rotatable bonds is 6. The van der Waals surface area contributed by atoms with E-state index in [1.54, 1.807) is 24.3 Å². The average molecular weight is 457 g/mol. The Morgan fingerprint density at radius 3 is 2.41 bits per heavy atom. The lowest BCUT2D eigenvalue weighted by molar-refractivity contribution is 0.0660. The van der Waals surface area contributed by atoms with Crippen molar-refractivity contribution in [2.45, 2.75) is 75.3 Å². The molecule has 7 nitrogen and oxygen atoms in total. The number of hydrogen-bond acceptors (Lipinski definition) is 4. The summed E-state index contributed by atoms with van der Waals surface area (Å²) in [4.78, 5) is 15.8. The standard InChI is InChI=1S/C24H32N4O3S/c1-26-23-10-6-9-21(23)22(25-26)17-28(19-7-2-3-8-19)24(29)18-11-13-20(14-12-18)32(30,31)27-15-4-5-16-27/h11-14,19H,2-10,15-17H2,1H3. The van der Waals surface area contributed by atoms with Gasteiger partial charge >= 0.3 is 0 Å². The third kappa shape index (κ3) is 3.88. The number of benzene rings is 1. The summed E-state index contributed by atoms with van der Waals surface area (Å²) in [6.45, 7) is 1.68. The van der Waals surface area contributed by atoms with Gasteiger partial charge in [-0.05, 0) is 74.8 Å². The van der Waals surface area contributed by atoms with Crippen molar-refractivity contribution in [2.75, 3.05) is 13.1 Å². The molecule has 0 N–H and O–H groups in total. The Morgan fingerprint density at radius 1 is 1.03 bits per heavy atom. The van der Waals surface area contributed by atoms with Gasteiger partial charge in [0.15, 0.2) is 0 Å². The van der Waals surface area contributed by atoms with E-state index in [0.29, 0.717) is 25.2 Å². The Kier molecular flexibility index (Phi) is 5.84. The van der Waals surface area contributed by atoms with E-state index in [9.17, 15) is 13.2 Å². The first kappa shape index (κ1) is 21.6. The predicted molar refractivity (Wildman–Crippen MR) is 122 cm³/mol. The molecule has 2 aromatic rings. The van der Waals surface area contributed by atoms with Crippen LogP contribution in [-0.2, 0) is 36.5 Å². The Hall–Kier alpha value is -2.19. The number of aryl methyl sites for hydroxylation is 1. The summed E-state index contributed by atoms with van der Waals surface area (Å²) in [5, 5.41) is 4.75. The highest BCUT2D eigenvalue weighted by Crippen LogP contribution is 2.30. The van der Waals surface area contributed by atoms with Crippen molar-refractivity contribution in [3.63, 3.8) is 0 Å². The van der Waals surface area contributed by atoms with Crippen LogP contribution in [0, 0.1) is 0 Å². The van der Waals surface area contributed by atoms with E-state index in [0.717, 1.165) is 63.5 Å². The Labute approximate surface area is 190 Å². The van der Waals surface area contributed by atoms with Crippen molar-refractivity contribution < 1.29 is 13.2 Å². The Bertz CT molecular complexity index is 1100. The number of aromatic nitrogens is 2. The van der Waals surface area contributed by atoms with E-state index in [2.05, 4.69) is 0 Å². The second kappa shape index (κ2) is 8.63. The zero-order valence-electron chi connectivity index (χ0n) is 18.8. The highest BCUT2D eigenvalue weighted by Gasteiger charge is 2.32. The van der Waals surface area contributed by atoms with Crippen molar-refractivity contribution in [3.05, 3.63) is 46.8 Å². The van der Waals surface area contributed by atoms with Crippen LogP contribution in [0.4, 0.5) is 0 Å². The molecule has 0 bridgehead atoms. The van der Waals surface area contributed by atoms with Gasteiger partial charge in [-0.15, -0.1) is 0 Å². The number of nitrogens with zero attached hydrogens (tertiary/aromatic N) is 4. The van der Waals surface area contributed by atoms with Gasteiger partial charge in [-0.2, -0.15) is 9.40 Å². The smallest absolute Gasteiger partial charge is 0.254 e. The lowest BCUT2D eigenvalue weighted by Gasteiger charge is -2.29. The van der Waals surface area contributed by atoms with Gasteiger partial charge in [-0.1, -0.05) is 12.8 Å². The fourth-order valence-electron chi connectivity index (χ4n) is 5.58. The molecule has 5 rings (SSSR count). The van der Waals surface area contributed by atoms with Crippen molar-refractivity contribution >= 4 is 15.9 Å². The largest absolute Gasteiger partial charge is 0.330 e. The van der Waals surface area contributed by atoms with Gasteiger partial charge in [0, 0.05) is 37.4 Å². The van der Waals surface area contributed by atoms with Gasteiger partial charge < -0.3 is 4.90 Å². The zero-order chi connectivity index (χ0) is 22.3. The van der Waals surface area contributed by atoms with Crippen LogP contribution in [0.15, 0.2) is 29.2 Å². The molecule has 32 heavy (non-hydrogen) atoms. The Morgan fingerprint density at radius 2 is 1.72 bits per heavy atom. The van der Waals surface area contributed by atoms with E-state index in [4.69, 9.17) is 5.10 Å². The SMILES string of the molecule is Cn1nc(CN(C(=O)c2ccc(S(=O)(=O)N3CCCC3)cc2)C2CCCC2)c2c1CCC2. The zero-order valence-corrected chi connectivity index (χ0v) is 19.6. The van der Waals surface area contributed by atoms with E-state index < -0.39 is 10.0 Å². The number of amides is 1. The summed E-state index contributed by atoms with van der Waals surface area (Å²) in [5.41, 5.74) is 4.18. The topological polar surface area (TPSA) is 75.5 Å². The van der Waals surface area contributed by atoms with Gasteiger partial charge in [0.2, 0.25) is 10.0 Å². The maximum absolute atomic E-state index is 13.6. The van der Waals surface area contributed by atoms with Crippen LogP contribution in [0.5, 0.6) is 0 Å². The van der Waals surface area contributed by atoms with Gasteiger partial charge in [-0.3, -0.25) is 9.48 Å². The maximum Gasteiger partial charge on any atom is 0.254 e. The van der Waals surface area contributed by atoms with Crippen molar-refractivity contribution in [2.24, 2.45) is 7.05 Å². The van der Waals surface area contributed by atoms with Crippen LogP contribution >= 0.6 is 0 Å². The highest BCUT2D eigenvalue weighted by atomic mass is 32.2. The summed E-state index contributed by atoms with van der Waals surface area (Å²) in [6.07, 6.45) is 9.37. The van der Waals surface area contributed by atoms with Crippen LogP contribution in [-0.4, -0.2) is 52.4 Å². The molecule has 172 valence electrons. The van der Waals surface area contributed by atoms with E-state index in [1.165, 1.54) is 15.6 Å². The lowest BCUT2D eigenvalue weighted by atomic mass is 10.1. The summed E-state index contributed by atoms with van der Waals surface area (Å²) < 4.78 is 29.2. The van der Waals surface area contributed by atoms with Crippen LogP contribution in [0.1, 0.15) is 72.3 Å². The van der Waals surface area contributed by atoms with Crippen LogP contribution in [0.25, 0.3) is 0 Å². The molecule has 1 aromatic carbocycles. The average Bonchev–Trinajstić information content (AvgIpc) is 3.59. The molecule has 0 atom stereocenters. The molecule has 3 aliphatic rings. The van der Waals surface area contributed by atoms with Gasteiger partial charge in [0.25, 0.3) is 5.91 Å². The van der Waals surface area contributed by atoms with Gasteiger partial charge in [0.05, 0.1) is 17.1 Å². The van der Waals surface area contributed by atoms with Crippen molar-refractivity contribution in [1.82, 2.24) is 19.0 Å². The number of sulfonamides is 1. The van der Waals surface area contributed by atoms with Crippen molar-refractivity contribution in [1.29, 1.82) is 0 Å². The molecule has 8 heteroatoms. The third-order valence-electron chi connectivity index (χ3n) is 7.35. The summed E-state index contributed by atoms with van der Waals surface area (Å²) in [6, 6.07) is 6.75. The molecule has 0 unspecified atom stereocenters. The monoisotopic (exact) mass is 456 g/mol. The fraction of sp³-hybridized carbons (Fsp3) is 0.583. The summed E-state index contributed by atoms with van der Waals surface area (Å²) >= 11 is 0. The van der Waals surface area contributed by atoms with E-state index in [1.807, 2.05) is 16.6 Å². The van der Waals surface area contributed by atoms with E-state index in [-0.39, 0.29) is 16.8 Å². The van der Waals surface area contributed by atoms with Gasteiger partial charge in [-0.25, -0.2) is 8.42 Å². The summed E-state index contributed by atoms with van der Waals surface area (Å²) in [5.74, 6) is -0.0283. The van der Waals surface area contributed by atoms with Gasteiger partial charge in [0.1, 0.15) is 0 Å². The molecule has 1 amide bonds. The molecule has 0 radical (unpaired) electrons. The number of carbonyl (C=O) groups is 1. The first-order valence-corrected chi connectivity index (χ1v) is 13.3. The molecule has 1 saturated heterocycles. The molecular formula is C24H32N4O3S. The molecule has 2 heterocycles. The molecular weight excluding hydrogens is 424 g/mol. The van der Waals surface area contributed by atoms with Crippen molar-refractivity contribution in [3.8, 4) is 0 Å². The molecule has 0 spiro atoms. The van der Waals surface area contributed by atoms with Crippen LogP contribution in [0.3, 0.4) is 0 Å². The number of fused-ring (bicyclic) bond motifs is 1. The minimum absolute atomic E-state index is 0.0283. The minimum atomic E-state index is -3.47. The lowest BCUT2D eigenvalue weighted by Crippen LogP contribution is -2.38. The van der Waals surface area contributed by atoms with E-state index >= 15 is 0 Å². The quantitative estimate of drug-likeness (QED) is 0.669. The number of carbonyl (C=O) groups excluding carboxylic acids is 1. The number of hydrogen-bond donors (Lipinski definition) is 0. The third-order valence-corrected chi connectivity index (χ3v) is 9.26. The van der Waals surface area contributed by atoms with Crippen LogP contribution < -0.4 is 0 Å². The first-order valence-electron chi connectivity index (χ1n) is 11.9. The normalized spacial score (nSPS) is 19.5.